The Morgan fingerprint density at radius 2 is 2.16 bits per heavy atom. The van der Waals surface area contributed by atoms with E-state index in [4.69, 9.17) is 10.8 Å². The highest BCUT2D eigenvalue weighted by molar-refractivity contribution is 7.84. The Labute approximate surface area is 184 Å². The van der Waals surface area contributed by atoms with Crippen LogP contribution in [0.5, 0.6) is 0 Å². The maximum atomic E-state index is 12.8. The van der Waals surface area contributed by atoms with E-state index < -0.39 is 58.4 Å². The molecule has 17 heteroatoms. The van der Waals surface area contributed by atoms with E-state index in [1.54, 1.807) is 0 Å². The number of carboxylic acid groups (broad SMARTS) is 1. The lowest BCUT2D eigenvalue weighted by Crippen LogP contribution is -2.72. The van der Waals surface area contributed by atoms with Gasteiger partial charge in [0.2, 0.25) is 12.5 Å². The average molecular weight is 490 g/mol. The van der Waals surface area contributed by atoms with Crippen LogP contribution in [0.2, 0.25) is 0 Å². The third-order valence-electron chi connectivity index (χ3n) is 4.72. The number of carboxylic acids is 1. The molecule has 3 heterocycles. The normalized spacial score (nSPS) is 23.5. The SMILES string of the molecule is Nc1nc(/C(=N/OCC(=O)O)C(=O)N[C@@H]2C(=O)N(S(=O)(=O)O)[C@@H]2CC2CCNC2=O)cs1. The van der Waals surface area contributed by atoms with E-state index in [-0.39, 0.29) is 27.5 Å². The topological polar surface area (TPSA) is 231 Å². The molecule has 0 saturated carbocycles. The van der Waals surface area contributed by atoms with Crippen LogP contribution >= 0.6 is 11.3 Å². The number of amides is 3. The van der Waals surface area contributed by atoms with Gasteiger partial charge in [0.1, 0.15) is 11.7 Å². The lowest BCUT2D eigenvalue weighted by Gasteiger charge is -2.44. The van der Waals surface area contributed by atoms with Gasteiger partial charge in [0, 0.05) is 17.8 Å². The molecule has 0 aromatic carbocycles. The van der Waals surface area contributed by atoms with Crippen molar-refractivity contribution in [2.24, 2.45) is 11.1 Å². The second kappa shape index (κ2) is 9.05. The van der Waals surface area contributed by atoms with Gasteiger partial charge in [-0.15, -0.1) is 11.3 Å². The monoisotopic (exact) mass is 490 g/mol. The number of aliphatic carboxylic acids is 1. The van der Waals surface area contributed by atoms with Crippen molar-refractivity contribution in [2.45, 2.75) is 24.9 Å². The number of nitrogens with one attached hydrogen (secondary N) is 2. The van der Waals surface area contributed by atoms with E-state index in [1.165, 1.54) is 5.38 Å². The predicted octanol–water partition coefficient (Wildman–Crippen LogP) is -2.44. The fourth-order valence-electron chi connectivity index (χ4n) is 3.32. The third kappa shape index (κ3) is 4.94. The second-order valence-corrected chi connectivity index (χ2v) is 9.00. The summed E-state index contributed by atoms with van der Waals surface area (Å²) < 4.78 is 32.8. The van der Waals surface area contributed by atoms with E-state index in [1.807, 2.05) is 0 Å². The van der Waals surface area contributed by atoms with Gasteiger partial charge < -0.3 is 26.3 Å². The molecule has 0 spiro atoms. The van der Waals surface area contributed by atoms with Gasteiger partial charge in [-0.25, -0.2) is 14.1 Å². The van der Waals surface area contributed by atoms with E-state index in [9.17, 15) is 32.1 Å². The maximum absolute atomic E-state index is 12.8. The molecular weight excluding hydrogens is 472 g/mol. The van der Waals surface area contributed by atoms with Gasteiger partial charge >= 0.3 is 16.3 Å². The first kappa shape index (κ1) is 23.4. The summed E-state index contributed by atoms with van der Waals surface area (Å²) in [4.78, 5) is 56.1. The van der Waals surface area contributed by atoms with Gasteiger partial charge in [-0.1, -0.05) is 5.16 Å². The molecule has 2 saturated heterocycles. The highest BCUT2D eigenvalue weighted by Gasteiger charge is 2.55. The summed E-state index contributed by atoms with van der Waals surface area (Å²) in [5, 5.41) is 18.4. The fraction of sp³-hybridized carbons (Fsp3) is 0.467. The molecule has 32 heavy (non-hydrogen) atoms. The van der Waals surface area contributed by atoms with Gasteiger partial charge in [0.15, 0.2) is 10.8 Å². The van der Waals surface area contributed by atoms with Gasteiger partial charge in [-0.3, -0.25) is 18.9 Å². The summed E-state index contributed by atoms with van der Waals surface area (Å²) in [7, 11) is -4.93. The number of nitrogens with two attached hydrogens (primary N) is 1. The number of nitrogen functional groups attached to an aromatic ring is 1. The molecule has 3 amide bonds. The minimum absolute atomic E-state index is 0.0690. The van der Waals surface area contributed by atoms with Crippen LogP contribution < -0.4 is 16.4 Å². The molecule has 0 aliphatic carbocycles. The average Bonchev–Trinajstić information content (AvgIpc) is 3.29. The predicted molar refractivity (Wildman–Crippen MR) is 106 cm³/mol. The van der Waals surface area contributed by atoms with Gasteiger partial charge in [0.25, 0.3) is 11.8 Å². The summed E-state index contributed by atoms with van der Waals surface area (Å²) in [5.74, 6) is -4.48. The Hall–Kier alpha value is -3.31. The molecular formula is C15H18N6O9S2. The Morgan fingerprint density at radius 1 is 1.44 bits per heavy atom. The first-order valence-corrected chi connectivity index (χ1v) is 11.3. The van der Waals surface area contributed by atoms with Crippen LogP contribution in [0.25, 0.3) is 0 Å². The highest BCUT2D eigenvalue weighted by Crippen LogP contribution is 2.31. The van der Waals surface area contributed by atoms with E-state index in [0.717, 1.165) is 11.3 Å². The van der Waals surface area contributed by atoms with Crippen LogP contribution in [0.3, 0.4) is 0 Å². The van der Waals surface area contributed by atoms with Crippen molar-refractivity contribution in [1.29, 1.82) is 0 Å². The molecule has 2 aliphatic heterocycles. The summed E-state index contributed by atoms with van der Waals surface area (Å²) in [5.41, 5.74) is 4.97. The number of β-lactam (4-membered cyclic amide) rings is 1. The number of thiazole rings is 1. The quantitative estimate of drug-likeness (QED) is 0.106. The lowest BCUT2D eigenvalue weighted by atomic mass is 9.88. The zero-order valence-corrected chi connectivity index (χ0v) is 17.8. The second-order valence-electron chi connectivity index (χ2n) is 6.82. The van der Waals surface area contributed by atoms with Crippen molar-refractivity contribution in [3.8, 4) is 0 Å². The Kier molecular flexibility index (Phi) is 6.60. The molecule has 174 valence electrons. The highest BCUT2D eigenvalue weighted by atomic mass is 32.2. The van der Waals surface area contributed by atoms with E-state index >= 15 is 0 Å². The number of carbonyl (C=O) groups excluding carboxylic acids is 3. The summed E-state index contributed by atoms with van der Waals surface area (Å²) in [6.45, 7) is -0.495. The van der Waals surface area contributed by atoms with Crippen molar-refractivity contribution in [1.82, 2.24) is 19.9 Å². The molecule has 1 aromatic heterocycles. The number of carbonyl (C=O) groups is 4. The maximum Gasteiger partial charge on any atom is 0.362 e. The first-order valence-electron chi connectivity index (χ1n) is 9.01. The van der Waals surface area contributed by atoms with Gasteiger partial charge in [-0.2, -0.15) is 8.42 Å². The number of nitrogens with zero attached hydrogens (tertiary/aromatic N) is 3. The fourth-order valence-corrected chi connectivity index (χ4v) is 4.76. The van der Waals surface area contributed by atoms with Crippen molar-refractivity contribution >= 4 is 56.2 Å². The van der Waals surface area contributed by atoms with Crippen LogP contribution in [-0.2, 0) is 34.3 Å². The van der Waals surface area contributed by atoms with Gasteiger partial charge in [0.05, 0.1) is 6.04 Å². The summed E-state index contributed by atoms with van der Waals surface area (Å²) in [6.07, 6.45) is 0.255. The number of oxime groups is 1. The summed E-state index contributed by atoms with van der Waals surface area (Å²) in [6, 6.07) is -2.63. The van der Waals surface area contributed by atoms with Gasteiger partial charge in [-0.05, 0) is 12.8 Å². The van der Waals surface area contributed by atoms with E-state index in [0.29, 0.717) is 13.0 Å². The molecule has 2 fully saturated rings. The zero-order chi connectivity index (χ0) is 23.6. The van der Waals surface area contributed by atoms with Crippen LogP contribution in [0, 0.1) is 5.92 Å². The molecule has 15 nitrogen and oxygen atoms in total. The number of hydrogen-bond acceptors (Lipinski definition) is 11. The lowest BCUT2D eigenvalue weighted by molar-refractivity contribution is -0.146. The zero-order valence-electron chi connectivity index (χ0n) is 16.1. The Bertz CT molecular complexity index is 1080. The summed E-state index contributed by atoms with van der Waals surface area (Å²) >= 11 is 0.957. The van der Waals surface area contributed by atoms with Crippen molar-refractivity contribution in [3.63, 3.8) is 0 Å². The minimum Gasteiger partial charge on any atom is -0.479 e. The molecule has 6 N–H and O–H groups in total. The molecule has 3 atom stereocenters. The Balaban J connectivity index is 1.82. The number of anilines is 1. The Morgan fingerprint density at radius 3 is 2.69 bits per heavy atom. The molecule has 1 aromatic rings. The molecule has 2 aliphatic rings. The van der Waals surface area contributed by atoms with Crippen LogP contribution in [0.4, 0.5) is 5.13 Å². The largest absolute Gasteiger partial charge is 0.479 e. The molecule has 1 unspecified atom stereocenters. The minimum atomic E-state index is -4.93. The van der Waals surface area contributed by atoms with Crippen molar-refractivity contribution in [2.75, 3.05) is 18.9 Å². The molecule has 3 rings (SSSR count). The van der Waals surface area contributed by atoms with Crippen LogP contribution in [0.1, 0.15) is 18.5 Å². The van der Waals surface area contributed by atoms with E-state index in [2.05, 4.69) is 25.6 Å². The number of aromatic nitrogens is 1. The number of rotatable bonds is 9. The van der Waals surface area contributed by atoms with Crippen LogP contribution in [-0.4, -0.2) is 82.0 Å². The molecule has 0 radical (unpaired) electrons. The number of hydrogen-bond donors (Lipinski definition) is 5. The first-order chi connectivity index (χ1) is 15.0. The molecule has 0 bridgehead atoms. The smallest absolute Gasteiger partial charge is 0.362 e. The standard InChI is InChI=1S/C15H18N6O9S2/c16-15-18-7(5-31-15)10(20-30-4-9(22)23)13(25)19-11-8(3-6-1-2-17-12(6)24)21(14(11)26)32(27,28)29/h5-6,8,11H,1-4H2,(H2,16,18)(H,17,24)(H,19,25)(H,22,23)(H,27,28,29)/b20-10-/t6?,8-,11+/m1/s1. The third-order valence-corrected chi connectivity index (χ3v) is 6.34. The van der Waals surface area contributed by atoms with Crippen molar-refractivity contribution in [3.05, 3.63) is 11.1 Å². The van der Waals surface area contributed by atoms with Crippen molar-refractivity contribution < 1.29 is 42.1 Å². The van der Waals surface area contributed by atoms with Crippen LogP contribution in [0.15, 0.2) is 10.5 Å².